The van der Waals surface area contributed by atoms with Gasteiger partial charge in [-0.3, -0.25) is 4.79 Å². The third-order valence-corrected chi connectivity index (χ3v) is 3.82. The monoisotopic (exact) mass is 297 g/mol. The average molecular weight is 297 g/mol. The van der Waals surface area contributed by atoms with Crippen molar-refractivity contribution in [3.8, 4) is 5.75 Å². The van der Waals surface area contributed by atoms with E-state index in [2.05, 4.69) is 12.2 Å². The number of nitrogens with one attached hydrogen (secondary N) is 1. The van der Waals surface area contributed by atoms with Crippen molar-refractivity contribution in [2.75, 3.05) is 7.11 Å². The van der Waals surface area contributed by atoms with Gasteiger partial charge >= 0.3 is 0 Å². The molecule has 0 spiro atoms. The van der Waals surface area contributed by atoms with Gasteiger partial charge in [0, 0.05) is 11.1 Å². The zero-order chi connectivity index (χ0) is 16.1. The number of ether oxygens (including phenoxy) is 1. The average Bonchev–Trinajstić information content (AvgIpc) is 2.54. The standard InChI is InChI=1S/C19H23NO2/c1-5-15-7-9-16(10-8-15)19(21)20-14(3)17-12-13(2)6-11-18(17)22-4/h6-12,14H,5H2,1-4H3,(H,20,21). The van der Waals surface area contributed by atoms with Crippen LogP contribution in [-0.2, 0) is 6.42 Å². The maximum atomic E-state index is 12.4. The third kappa shape index (κ3) is 3.67. The van der Waals surface area contributed by atoms with E-state index in [-0.39, 0.29) is 11.9 Å². The largest absolute Gasteiger partial charge is 0.496 e. The molecule has 116 valence electrons. The third-order valence-electron chi connectivity index (χ3n) is 3.82. The lowest BCUT2D eigenvalue weighted by Gasteiger charge is -2.18. The molecule has 1 N–H and O–H groups in total. The Balaban J connectivity index is 2.15. The zero-order valence-electron chi connectivity index (χ0n) is 13.6. The number of amides is 1. The highest BCUT2D eigenvalue weighted by molar-refractivity contribution is 5.94. The van der Waals surface area contributed by atoms with E-state index in [0.29, 0.717) is 5.56 Å². The number of benzene rings is 2. The van der Waals surface area contributed by atoms with Crippen molar-refractivity contribution in [3.05, 3.63) is 64.7 Å². The normalized spacial score (nSPS) is 11.8. The Bertz CT molecular complexity index is 647. The fraction of sp³-hybridized carbons (Fsp3) is 0.316. The van der Waals surface area contributed by atoms with Crippen molar-refractivity contribution in [2.24, 2.45) is 0 Å². The van der Waals surface area contributed by atoms with Crippen LogP contribution in [0.4, 0.5) is 0 Å². The summed E-state index contributed by atoms with van der Waals surface area (Å²) in [5, 5.41) is 3.03. The van der Waals surface area contributed by atoms with Gasteiger partial charge in [-0.2, -0.15) is 0 Å². The smallest absolute Gasteiger partial charge is 0.251 e. The van der Waals surface area contributed by atoms with E-state index >= 15 is 0 Å². The fourth-order valence-electron chi connectivity index (χ4n) is 2.44. The van der Waals surface area contributed by atoms with Crippen LogP contribution in [0.15, 0.2) is 42.5 Å². The Morgan fingerprint density at radius 1 is 1.18 bits per heavy atom. The van der Waals surface area contributed by atoms with Gasteiger partial charge in [-0.05, 0) is 44.0 Å². The molecule has 0 aliphatic rings. The number of methoxy groups -OCH3 is 1. The van der Waals surface area contributed by atoms with Gasteiger partial charge in [0.2, 0.25) is 0 Å². The van der Waals surface area contributed by atoms with Crippen LogP contribution < -0.4 is 10.1 Å². The minimum absolute atomic E-state index is 0.0706. The summed E-state index contributed by atoms with van der Waals surface area (Å²) in [6.07, 6.45) is 0.971. The number of rotatable bonds is 5. The highest BCUT2D eigenvalue weighted by atomic mass is 16.5. The molecule has 1 amide bonds. The molecule has 3 nitrogen and oxygen atoms in total. The summed E-state index contributed by atoms with van der Waals surface area (Å²) in [5.41, 5.74) is 4.03. The molecule has 0 saturated carbocycles. The van der Waals surface area contributed by atoms with Crippen molar-refractivity contribution >= 4 is 5.91 Å². The van der Waals surface area contributed by atoms with Crippen LogP contribution >= 0.6 is 0 Å². The van der Waals surface area contributed by atoms with Gasteiger partial charge in [-0.15, -0.1) is 0 Å². The predicted octanol–water partition coefficient (Wildman–Crippen LogP) is 4.06. The molecule has 2 aromatic rings. The molecule has 1 atom stereocenters. The summed E-state index contributed by atoms with van der Waals surface area (Å²) in [5.74, 6) is 0.721. The Morgan fingerprint density at radius 3 is 2.45 bits per heavy atom. The van der Waals surface area contributed by atoms with E-state index in [9.17, 15) is 4.79 Å². The molecule has 0 heterocycles. The number of aryl methyl sites for hydroxylation is 2. The lowest BCUT2D eigenvalue weighted by molar-refractivity contribution is 0.0939. The molecule has 2 aromatic carbocycles. The lowest BCUT2D eigenvalue weighted by atomic mass is 10.0. The molecule has 1 unspecified atom stereocenters. The molecule has 0 aromatic heterocycles. The van der Waals surface area contributed by atoms with Crippen LogP contribution in [0, 0.1) is 6.92 Å². The number of hydrogen-bond donors (Lipinski definition) is 1. The van der Waals surface area contributed by atoms with Gasteiger partial charge < -0.3 is 10.1 Å². The minimum atomic E-state index is -0.117. The lowest BCUT2D eigenvalue weighted by Crippen LogP contribution is -2.27. The molecule has 2 rings (SSSR count). The van der Waals surface area contributed by atoms with Crippen LogP contribution in [0.5, 0.6) is 5.75 Å². The van der Waals surface area contributed by atoms with Crippen LogP contribution in [0.1, 0.15) is 46.9 Å². The first kappa shape index (κ1) is 16.1. The predicted molar refractivity (Wildman–Crippen MR) is 89.4 cm³/mol. The van der Waals surface area contributed by atoms with Gasteiger partial charge in [0.1, 0.15) is 5.75 Å². The first-order valence-corrected chi connectivity index (χ1v) is 7.59. The summed E-state index contributed by atoms with van der Waals surface area (Å²) in [6, 6.07) is 13.6. The van der Waals surface area contributed by atoms with Gasteiger partial charge in [-0.1, -0.05) is 36.8 Å². The van der Waals surface area contributed by atoms with Gasteiger partial charge in [0.25, 0.3) is 5.91 Å². The molecular formula is C19H23NO2. The Hall–Kier alpha value is -2.29. The van der Waals surface area contributed by atoms with E-state index in [1.807, 2.05) is 56.3 Å². The van der Waals surface area contributed by atoms with Crippen LogP contribution in [0.25, 0.3) is 0 Å². The topological polar surface area (TPSA) is 38.3 Å². The van der Waals surface area contributed by atoms with E-state index in [1.54, 1.807) is 7.11 Å². The summed E-state index contributed by atoms with van der Waals surface area (Å²) in [7, 11) is 1.65. The molecule has 3 heteroatoms. The van der Waals surface area contributed by atoms with E-state index in [1.165, 1.54) is 5.56 Å². The van der Waals surface area contributed by atoms with E-state index in [0.717, 1.165) is 23.3 Å². The molecule has 0 fully saturated rings. The highest BCUT2D eigenvalue weighted by Crippen LogP contribution is 2.26. The second kappa shape index (κ2) is 7.12. The maximum absolute atomic E-state index is 12.4. The Kier molecular flexibility index (Phi) is 5.21. The van der Waals surface area contributed by atoms with Crippen molar-refractivity contribution in [3.63, 3.8) is 0 Å². The van der Waals surface area contributed by atoms with Crippen molar-refractivity contribution in [2.45, 2.75) is 33.2 Å². The quantitative estimate of drug-likeness (QED) is 0.904. The van der Waals surface area contributed by atoms with Crippen LogP contribution in [-0.4, -0.2) is 13.0 Å². The highest BCUT2D eigenvalue weighted by Gasteiger charge is 2.15. The fourth-order valence-corrected chi connectivity index (χ4v) is 2.44. The van der Waals surface area contributed by atoms with Gasteiger partial charge in [-0.25, -0.2) is 0 Å². The first-order valence-electron chi connectivity index (χ1n) is 7.59. The number of carbonyl (C=O) groups is 1. The van der Waals surface area contributed by atoms with Crippen molar-refractivity contribution in [1.29, 1.82) is 0 Å². The van der Waals surface area contributed by atoms with Gasteiger partial charge in [0.05, 0.1) is 13.2 Å². The summed E-state index contributed by atoms with van der Waals surface area (Å²) in [6.45, 7) is 6.09. The van der Waals surface area contributed by atoms with Gasteiger partial charge in [0.15, 0.2) is 0 Å². The number of hydrogen-bond acceptors (Lipinski definition) is 2. The summed E-state index contributed by atoms with van der Waals surface area (Å²) >= 11 is 0. The minimum Gasteiger partial charge on any atom is -0.496 e. The SMILES string of the molecule is CCc1ccc(C(=O)NC(C)c2cc(C)ccc2OC)cc1. The van der Waals surface area contributed by atoms with Crippen LogP contribution in [0.3, 0.4) is 0 Å². The summed E-state index contributed by atoms with van der Waals surface area (Å²) in [4.78, 5) is 12.4. The molecule has 0 aliphatic heterocycles. The van der Waals surface area contributed by atoms with Crippen molar-refractivity contribution < 1.29 is 9.53 Å². The second-order valence-corrected chi connectivity index (χ2v) is 5.49. The molecule has 0 radical (unpaired) electrons. The molecular weight excluding hydrogens is 274 g/mol. The molecule has 0 saturated heterocycles. The summed E-state index contributed by atoms with van der Waals surface area (Å²) < 4.78 is 5.39. The van der Waals surface area contributed by atoms with Crippen molar-refractivity contribution in [1.82, 2.24) is 5.32 Å². The zero-order valence-corrected chi connectivity index (χ0v) is 13.6. The first-order chi connectivity index (χ1) is 10.5. The second-order valence-electron chi connectivity index (χ2n) is 5.49. The van der Waals surface area contributed by atoms with Crippen LogP contribution in [0.2, 0.25) is 0 Å². The molecule has 0 bridgehead atoms. The Morgan fingerprint density at radius 2 is 1.86 bits per heavy atom. The molecule has 0 aliphatic carbocycles. The van der Waals surface area contributed by atoms with E-state index in [4.69, 9.17) is 4.74 Å². The maximum Gasteiger partial charge on any atom is 0.251 e. The molecule has 22 heavy (non-hydrogen) atoms. The Labute approximate surface area is 132 Å². The number of carbonyl (C=O) groups excluding carboxylic acids is 1. The van der Waals surface area contributed by atoms with E-state index < -0.39 is 0 Å².